The molecule has 0 bridgehead atoms. The number of carbonyl (C=O) groups excluding carboxylic acids is 2. The first-order valence-corrected chi connectivity index (χ1v) is 8.34. The third-order valence-corrected chi connectivity index (χ3v) is 4.23. The molecule has 0 radical (unpaired) electrons. The summed E-state index contributed by atoms with van der Waals surface area (Å²) >= 11 is 0. The second kappa shape index (κ2) is 7.92. The van der Waals surface area contributed by atoms with E-state index in [9.17, 15) is 9.59 Å². The number of aromatic nitrogens is 2. The summed E-state index contributed by atoms with van der Waals surface area (Å²) in [5, 5.41) is 11.2. The number of likely N-dealkylation sites (N-methyl/N-ethyl adjacent to an activating group) is 1. The van der Waals surface area contributed by atoms with E-state index in [1.807, 2.05) is 7.05 Å². The van der Waals surface area contributed by atoms with E-state index in [0.717, 1.165) is 13.1 Å². The molecule has 1 amide bonds. The highest BCUT2D eigenvalue weighted by atomic mass is 16.5. The number of nitrogens with zero attached hydrogens (tertiary/aromatic N) is 4. The van der Waals surface area contributed by atoms with Gasteiger partial charge >= 0.3 is 5.97 Å². The Morgan fingerprint density at radius 1 is 1.08 bits per heavy atom. The lowest BCUT2D eigenvalue weighted by Gasteiger charge is -2.32. The van der Waals surface area contributed by atoms with Crippen molar-refractivity contribution in [2.45, 2.75) is 0 Å². The highest BCUT2D eigenvalue weighted by Gasteiger charge is 2.21. The second-order valence-electron chi connectivity index (χ2n) is 6.10. The molecule has 2 heterocycles. The summed E-state index contributed by atoms with van der Waals surface area (Å²) in [6.45, 7) is 3.10. The molecule has 1 aromatic heterocycles. The molecular formula is C18H21N5O3. The van der Waals surface area contributed by atoms with E-state index in [4.69, 9.17) is 4.74 Å². The van der Waals surface area contributed by atoms with Crippen molar-refractivity contribution in [3.63, 3.8) is 0 Å². The number of anilines is 2. The van der Waals surface area contributed by atoms with Crippen LogP contribution in [0.15, 0.2) is 36.4 Å². The topological polar surface area (TPSA) is 87.7 Å². The minimum Gasteiger partial charge on any atom is -0.465 e. The number of rotatable bonds is 4. The van der Waals surface area contributed by atoms with E-state index < -0.39 is 5.97 Å². The Morgan fingerprint density at radius 3 is 2.50 bits per heavy atom. The minimum atomic E-state index is -0.409. The molecule has 0 spiro atoms. The lowest BCUT2D eigenvalue weighted by Crippen LogP contribution is -2.47. The number of piperazine rings is 1. The van der Waals surface area contributed by atoms with Crippen LogP contribution in [0.5, 0.6) is 0 Å². The molecule has 1 N–H and O–H groups in total. The predicted octanol–water partition coefficient (Wildman–Crippen LogP) is 1.39. The van der Waals surface area contributed by atoms with Crippen molar-refractivity contribution in [2.75, 3.05) is 45.7 Å². The summed E-state index contributed by atoms with van der Waals surface area (Å²) in [4.78, 5) is 28.0. The molecule has 1 aromatic carbocycles. The van der Waals surface area contributed by atoms with Gasteiger partial charge in [-0.2, -0.15) is 0 Å². The first-order chi connectivity index (χ1) is 12.6. The summed E-state index contributed by atoms with van der Waals surface area (Å²) in [5.41, 5.74) is 1.44. The summed E-state index contributed by atoms with van der Waals surface area (Å²) in [6, 6.07) is 10.2. The largest absolute Gasteiger partial charge is 0.465 e. The SMILES string of the molecule is COC(=O)c1cccc(Nc2ccc(C(=O)N3CCN(C)CC3)nn2)c1. The molecule has 0 saturated carbocycles. The Morgan fingerprint density at radius 2 is 1.85 bits per heavy atom. The van der Waals surface area contributed by atoms with E-state index in [0.29, 0.717) is 35.9 Å². The molecule has 26 heavy (non-hydrogen) atoms. The summed E-state index contributed by atoms with van der Waals surface area (Å²) in [5.74, 6) is -0.0281. The zero-order valence-electron chi connectivity index (χ0n) is 14.8. The first-order valence-electron chi connectivity index (χ1n) is 8.34. The average molecular weight is 355 g/mol. The van der Waals surface area contributed by atoms with Crippen LogP contribution in [0.4, 0.5) is 11.5 Å². The fourth-order valence-electron chi connectivity index (χ4n) is 2.67. The number of carbonyl (C=O) groups is 2. The molecular weight excluding hydrogens is 334 g/mol. The third kappa shape index (κ3) is 4.15. The molecule has 1 fully saturated rings. The van der Waals surface area contributed by atoms with E-state index in [-0.39, 0.29) is 5.91 Å². The number of hydrogen-bond acceptors (Lipinski definition) is 7. The lowest BCUT2D eigenvalue weighted by atomic mass is 10.2. The van der Waals surface area contributed by atoms with Crippen LogP contribution in [-0.2, 0) is 4.74 Å². The molecule has 3 rings (SSSR count). The lowest BCUT2D eigenvalue weighted by molar-refractivity contribution is 0.0599. The fraction of sp³-hybridized carbons (Fsp3) is 0.333. The van der Waals surface area contributed by atoms with Crippen LogP contribution in [0.1, 0.15) is 20.8 Å². The third-order valence-electron chi connectivity index (χ3n) is 4.23. The monoisotopic (exact) mass is 355 g/mol. The molecule has 1 saturated heterocycles. The fourth-order valence-corrected chi connectivity index (χ4v) is 2.67. The Hall–Kier alpha value is -3.00. The summed E-state index contributed by atoms with van der Waals surface area (Å²) in [7, 11) is 3.38. The zero-order chi connectivity index (χ0) is 18.5. The molecule has 136 valence electrons. The standard InChI is InChI=1S/C18H21N5O3/c1-22-8-10-23(11-9-22)17(24)15-6-7-16(21-20-15)19-14-5-3-4-13(12-14)18(25)26-2/h3-7,12H,8-11H2,1-2H3,(H,19,21). The molecule has 0 aliphatic carbocycles. The minimum absolute atomic E-state index is 0.107. The average Bonchev–Trinajstić information content (AvgIpc) is 2.68. The van der Waals surface area contributed by atoms with Gasteiger partial charge in [0.15, 0.2) is 11.5 Å². The van der Waals surface area contributed by atoms with Gasteiger partial charge in [0, 0.05) is 31.9 Å². The van der Waals surface area contributed by atoms with Gasteiger partial charge in [0.2, 0.25) is 0 Å². The maximum absolute atomic E-state index is 12.5. The summed E-state index contributed by atoms with van der Waals surface area (Å²) < 4.78 is 4.71. The van der Waals surface area contributed by atoms with Crippen molar-refractivity contribution in [2.24, 2.45) is 0 Å². The van der Waals surface area contributed by atoms with E-state index in [2.05, 4.69) is 20.4 Å². The number of methoxy groups -OCH3 is 1. The van der Waals surface area contributed by atoms with Crippen LogP contribution in [0.25, 0.3) is 0 Å². The molecule has 2 aromatic rings. The Labute approximate surface area is 151 Å². The normalized spacial score (nSPS) is 14.8. The van der Waals surface area contributed by atoms with E-state index in [1.165, 1.54) is 7.11 Å². The van der Waals surface area contributed by atoms with Gasteiger partial charge in [-0.3, -0.25) is 4.79 Å². The van der Waals surface area contributed by atoms with Crippen molar-refractivity contribution in [3.05, 3.63) is 47.7 Å². The van der Waals surface area contributed by atoms with Gasteiger partial charge in [-0.25, -0.2) is 4.79 Å². The van der Waals surface area contributed by atoms with Gasteiger partial charge in [0.05, 0.1) is 12.7 Å². The summed E-state index contributed by atoms with van der Waals surface area (Å²) in [6.07, 6.45) is 0. The van der Waals surface area contributed by atoms with Crippen molar-refractivity contribution in [1.29, 1.82) is 0 Å². The van der Waals surface area contributed by atoms with Crippen LogP contribution in [0.3, 0.4) is 0 Å². The number of amides is 1. The molecule has 1 aliphatic heterocycles. The molecule has 1 aliphatic rings. The maximum Gasteiger partial charge on any atom is 0.337 e. The Kier molecular flexibility index (Phi) is 5.43. The highest BCUT2D eigenvalue weighted by Crippen LogP contribution is 2.16. The van der Waals surface area contributed by atoms with Crippen LogP contribution >= 0.6 is 0 Å². The maximum atomic E-state index is 12.5. The first kappa shape index (κ1) is 17.8. The van der Waals surface area contributed by atoms with Gasteiger partial charge in [-0.1, -0.05) is 6.07 Å². The number of nitrogens with one attached hydrogen (secondary N) is 1. The number of ether oxygens (including phenoxy) is 1. The molecule has 0 atom stereocenters. The van der Waals surface area contributed by atoms with E-state index in [1.54, 1.807) is 41.3 Å². The smallest absolute Gasteiger partial charge is 0.337 e. The van der Waals surface area contributed by atoms with Gasteiger partial charge in [0.25, 0.3) is 5.91 Å². The number of hydrogen-bond donors (Lipinski definition) is 1. The zero-order valence-corrected chi connectivity index (χ0v) is 14.8. The predicted molar refractivity (Wildman–Crippen MR) is 96.5 cm³/mol. The number of benzene rings is 1. The quantitative estimate of drug-likeness (QED) is 0.829. The van der Waals surface area contributed by atoms with Crippen LogP contribution in [0.2, 0.25) is 0 Å². The number of esters is 1. The van der Waals surface area contributed by atoms with Gasteiger partial charge in [0.1, 0.15) is 0 Å². The van der Waals surface area contributed by atoms with Crippen LogP contribution < -0.4 is 5.32 Å². The molecule has 8 heteroatoms. The Balaban J connectivity index is 1.66. The Bertz CT molecular complexity index is 786. The van der Waals surface area contributed by atoms with Gasteiger partial charge in [-0.05, 0) is 37.4 Å². The van der Waals surface area contributed by atoms with Crippen molar-refractivity contribution < 1.29 is 14.3 Å². The highest BCUT2D eigenvalue weighted by molar-refractivity contribution is 5.92. The van der Waals surface area contributed by atoms with Gasteiger partial charge in [-0.15, -0.1) is 10.2 Å². The van der Waals surface area contributed by atoms with Gasteiger partial charge < -0.3 is 19.9 Å². The van der Waals surface area contributed by atoms with Crippen LogP contribution in [-0.4, -0.2) is 72.2 Å². The van der Waals surface area contributed by atoms with Crippen molar-refractivity contribution in [3.8, 4) is 0 Å². The second-order valence-corrected chi connectivity index (χ2v) is 6.10. The van der Waals surface area contributed by atoms with Crippen LogP contribution in [0, 0.1) is 0 Å². The van der Waals surface area contributed by atoms with Crippen molar-refractivity contribution >= 4 is 23.4 Å². The molecule has 8 nitrogen and oxygen atoms in total. The van der Waals surface area contributed by atoms with E-state index >= 15 is 0 Å². The van der Waals surface area contributed by atoms with Crippen molar-refractivity contribution in [1.82, 2.24) is 20.0 Å². The molecule has 0 unspecified atom stereocenters.